The van der Waals surface area contributed by atoms with Gasteiger partial charge in [0.15, 0.2) is 6.61 Å². The van der Waals surface area contributed by atoms with Crippen molar-refractivity contribution in [3.63, 3.8) is 0 Å². The maximum atomic E-state index is 12.8. The van der Waals surface area contributed by atoms with Crippen LogP contribution in [-0.4, -0.2) is 28.6 Å². The minimum atomic E-state index is -0.361. The highest BCUT2D eigenvalue weighted by Crippen LogP contribution is 2.35. The first kappa shape index (κ1) is 24.1. The molecule has 172 valence electrons. The number of rotatable bonds is 7. The standard InChI is InChI=1S/C25H18BrClN2O4S/c26-19-9-5-4-6-17(19)14-29-24(31)22(34-25(29)32)13-16-10-11-21(20(27)12-16)33-15-23(30)28-18-7-2-1-3-8-18/h1-13H,14-15H2,(H,28,30)/b22-13-. The molecule has 1 N–H and O–H groups in total. The fourth-order valence-corrected chi connectivity index (χ4v) is 4.66. The van der Waals surface area contributed by atoms with Gasteiger partial charge in [0.25, 0.3) is 17.1 Å². The van der Waals surface area contributed by atoms with E-state index in [0.717, 1.165) is 21.8 Å². The number of halogens is 2. The summed E-state index contributed by atoms with van der Waals surface area (Å²) in [6, 6.07) is 21.4. The van der Waals surface area contributed by atoms with Gasteiger partial charge >= 0.3 is 0 Å². The molecule has 3 aromatic carbocycles. The van der Waals surface area contributed by atoms with Crippen molar-refractivity contribution in [2.24, 2.45) is 0 Å². The Morgan fingerprint density at radius 1 is 1.06 bits per heavy atom. The van der Waals surface area contributed by atoms with Gasteiger partial charge in [-0.25, -0.2) is 0 Å². The van der Waals surface area contributed by atoms with Crippen LogP contribution in [0.2, 0.25) is 5.02 Å². The highest BCUT2D eigenvalue weighted by atomic mass is 79.9. The summed E-state index contributed by atoms with van der Waals surface area (Å²) in [5, 5.41) is 2.68. The Morgan fingerprint density at radius 2 is 1.79 bits per heavy atom. The van der Waals surface area contributed by atoms with Crippen molar-refractivity contribution < 1.29 is 19.1 Å². The van der Waals surface area contributed by atoms with Gasteiger partial charge in [0.2, 0.25) is 0 Å². The number of thioether (sulfide) groups is 1. The Hall–Kier alpha value is -3.07. The molecule has 1 fully saturated rings. The summed E-state index contributed by atoms with van der Waals surface area (Å²) in [6.07, 6.45) is 1.61. The molecule has 0 aliphatic carbocycles. The Morgan fingerprint density at radius 3 is 2.53 bits per heavy atom. The van der Waals surface area contributed by atoms with Crippen molar-refractivity contribution in [2.75, 3.05) is 11.9 Å². The van der Waals surface area contributed by atoms with Gasteiger partial charge in [-0.1, -0.05) is 70.0 Å². The summed E-state index contributed by atoms with van der Waals surface area (Å²) < 4.78 is 6.36. The molecular formula is C25H18BrClN2O4S. The zero-order valence-electron chi connectivity index (χ0n) is 17.7. The number of imide groups is 1. The van der Waals surface area contributed by atoms with E-state index in [2.05, 4.69) is 21.2 Å². The molecule has 1 saturated heterocycles. The van der Waals surface area contributed by atoms with E-state index in [9.17, 15) is 14.4 Å². The fourth-order valence-electron chi connectivity index (χ4n) is 3.17. The number of carbonyl (C=O) groups excluding carboxylic acids is 3. The third-order valence-corrected chi connectivity index (χ3v) is 6.81. The molecule has 0 aromatic heterocycles. The summed E-state index contributed by atoms with van der Waals surface area (Å²) in [6.45, 7) is -0.0239. The normalized spacial score (nSPS) is 14.5. The molecule has 0 radical (unpaired) electrons. The zero-order chi connectivity index (χ0) is 24.1. The second kappa shape index (κ2) is 10.9. The molecule has 3 aromatic rings. The van der Waals surface area contributed by atoms with Gasteiger partial charge in [-0.3, -0.25) is 19.3 Å². The topological polar surface area (TPSA) is 75.7 Å². The number of para-hydroxylation sites is 1. The lowest BCUT2D eigenvalue weighted by molar-refractivity contribution is -0.123. The molecule has 0 saturated carbocycles. The summed E-state index contributed by atoms with van der Waals surface area (Å²) >= 11 is 10.6. The van der Waals surface area contributed by atoms with E-state index in [-0.39, 0.29) is 35.2 Å². The van der Waals surface area contributed by atoms with Crippen molar-refractivity contribution in [2.45, 2.75) is 6.54 Å². The van der Waals surface area contributed by atoms with Gasteiger partial charge in [-0.2, -0.15) is 0 Å². The predicted octanol–water partition coefficient (Wildman–Crippen LogP) is 6.36. The molecule has 34 heavy (non-hydrogen) atoms. The third kappa shape index (κ3) is 5.88. The van der Waals surface area contributed by atoms with Crippen LogP contribution in [0, 0.1) is 0 Å². The first-order valence-electron chi connectivity index (χ1n) is 10.2. The van der Waals surface area contributed by atoms with Crippen LogP contribution in [0.3, 0.4) is 0 Å². The molecule has 1 heterocycles. The van der Waals surface area contributed by atoms with Crippen molar-refractivity contribution in [1.82, 2.24) is 4.90 Å². The molecule has 1 aliphatic heterocycles. The SMILES string of the molecule is O=C(COc1ccc(/C=C2\SC(=O)N(Cc3ccccc3Br)C2=O)cc1Cl)Nc1ccccc1. The average Bonchev–Trinajstić information content (AvgIpc) is 3.08. The predicted molar refractivity (Wildman–Crippen MR) is 138 cm³/mol. The molecule has 3 amide bonds. The van der Waals surface area contributed by atoms with Gasteiger partial charge in [-0.15, -0.1) is 0 Å². The van der Waals surface area contributed by atoms with E-state index >= 15 is 0 Å². The molecule has 9 heteroatoms. The van der Waals surface area contributed by atoms with Gasteiger partial charge in [0.1, 0.15) is 5.75 Å². The maximum absolute atomic E-state index is 12.8. The fraction of sp³-hybridized carbons (Fsp3) is 0.0800. The number of amides is 3. The molecule has 0 spiro atoms. The molecule has 0 atom stereocenters. The van der Waals surface area contributed by atoms with Gasteiger partial charge in [0, 0.05) is 10.2 Å². The van der Waals surface area contributed by atoms with Crippen LogP contribution in [0.5, 0.6) is 5.75 Å². The number of anilines is 1. The minimum Gasteiger partial charge on any atom is -0.482 e. The van der Waals surface area contributed by atoms with E-state index in [4.69, 9.17) is 16.3 Å². The summed E-state index contributed by atoms with van der Waals surface area (Å²) in [4.78, 5) is 38.8. The van der Waals surface area contributed by atoms with Crippen molar-refractivity contribution in [3.8, 4) is 5.75 Å². The third-order valence-electron chi connectivity index (χ3n) is 4.83. The maximum Gasteiger partial charge on any atom is 0.293 e. The number of hydrogen-bond acceptors (Lipinski definition) is 5. The molecule has 6 nitrogen and oxygen atoms in total. The number of ether oxygens (including phenoxy) is 1. The smallest absolute Gasteiger partial charge is 0.293 e. The van der Waals surface area contributed by atoms with Crippen LogP contribution in [-0.2, 0) is 16.1 Å². The van der Waals surface area contributed by atoms with Crippen LogP contribution in [0.1, 0.15) is 11.1 Å². The van der Waals surface area contributed by atoms with E-state index in [1.54, 1.807) is 36.4 Å². The van der Waals surface area contributed by atoms with E-state index in [1.807, 2.05) is 42.5 Å². The van der Waals surface area contributed by atoms with Crippen molar-refractivity contribution >= 4 is 68.1 Å². The van der Waals surface area contributed by atoms with Crippen LogP contribution in [0.15, 0.2) is 82.2 Å². The lowest BCUT2D eigenvalue weighted by Gasteiger charge is -2.13. The van der Waals surface area contributed by atoms with Crippen LogP contribution >= 0.6 is 39.3 Å². The van der Waals surface area contributed by atoms with Crippen LogP contribution in [0.4, 0.5) is 10.5 Å². The van der Waals surface area contributed by atoms with Crippen molar-refractivity contribution in [3.05, 3.63) is 98.3 Å². The molecule has 1 aliphatic rings. The van der Waals surface area contributed by atoms with Gasteiger partial charge < -0.3 is 10.1 Å². The van der Waals surface area contributed by atoms with Crippen molar-refractivity contribution in [1.29, 1.82) is 0 Å². The second-order valence-corrected chi connectivity index (χ2v) is 9.51. The molecule has 4 rings (SSSR count). The monoisotopic (exact) mass is 556 g/mol. The first-order valence-corrected chi connectivity index (χ1v) is 12.2. The Balaban J connectivity index is 1.40. The Bertz CT molecular complexity index is 1280. The van der Waals surface area contributed by atoms with Gasteiger partial charge in [-0.05, 0) is 59.3 Å². The Labute approximate surface area is 214 Å². The van der Waals surface area contributed by atoms with Gasteiger partial charge in [0.05, 0.1) is 16.5 Å². The quantitative estimate of drug-likeness (QED) is 0.342. The molecule has 0 bridgehead atoms. The Kier molecular flexibility index (Phi) is 7.72. The number of hydrogen-bond donors (Lipinski definition) is 1. The number of benzene rings is 3. The summed E-state index contributed by atoms with van der Waals surface area (Å²) in [5.74, 6) is -0.339. The summed E-state index contributed by atoms with van der Waals surface area (Å²) in [5.41, 5.74) is 2.15. The number of nitrogens with one attached hydrogen (secondary N) is 1. The number of nitrogens with zero attached hydrogens (tertiary/aromatic N) is 1. The largest absolute Gasteiger partial charge is 0.482 e. The highest BCUT2D eigenvalue weighted by molar-refractivity contribution is 9.10. The first-order chi connectivity index (χ1) is 16.4. The molecular weight excluding hydrogens is 540 g/mol. The van der Waals surface area contributed by atoms with E-state index in [0.29, 0.717) is 21.9 Å². The summed E-state index contributed by atoms with van der Waals surface area (Å²) in [7, 11) is 0. The molecule has 0 unspecified atom stereocenters. The number of carbonyl (C=O) groups is 3. The second-order valence-electron chi connectivity index (χ2n) is 7.25. The van der Waals surface area contributed by atoms with E-state index < -0.39 is 0 Å². The minimum absolute atomic E-state index is 0.183. The van der Waals surface area contributed by atoms with Crippen LogP contribution < -0.4 is 10.1 Å². The highest BCUT2D eigenvalue weighted by Gasteiger charge is 2.35. The average molecular weight is 558 g/mol. The zero-order valence-corrected chi connectivity index (χ0v) is 20.8. The lowest BCUT2D eigenvalue weighted by atomic mass is 10.2. The lowest BCUT2D eigenvalue weighted by Crippen LogP contribution is -2.27. The van der Waals surface area contributed by atoms with E-state index in [1.165, 1.54) is 4.90 Å². The van der Waals surface area contributed by atoms with Crippen LogP contribution in [0.25, 0.3) is 6.08 Å².